The van der Waals surface area contributed by atoms with Gasteiger partial charge in [0.2, 0.25) is 0 Å². The molecular weight excluding hydrogens is 357 g/mol. The number of hydrogen-bond donors (Lipinski definition) is 1. The van der Waals surface area contributed by atoms with E-state index in [-0.39, 0.29) is 11.3 Å². The van der Waals surface area contributed by atoms with Crippen molar-refractivity contribution < 1.29 is 23.3 Å². The summed E-state index contributed by atoms with van der Waals surface area (Å²) in [6.45, 7) is 13.5. The van der Waals surface area contributed by atoms with Crippen LogP contribution < -0.4 is 4.74 Å². The predicted octanol–water partition coefficient (Wildman–Crippen LogP) is 5.15. The molecule has 0 unspecified atom stereocenters. The molecule has 0 aromatic heterocycles. The van der Waals surface area contributed by atoms with Gasteiger partial charge >= 0.3 is 5.97 Å². The fourth-order valence-corrected chi connectivity index (χ4v) is 1.64. The zero-order valence-corrected chi connectivity index (χ0v) is 17.9. The Morgan fingerprint density at radius 3 is 2.27 bits per heavy atom. The molecule has 1 N–H and O–H groups in total. The maximum Gasteiger partial charge on any atom is 0.308 e. The first kappa shape index (κ1) is 29.3. The van der Waals surface area contributed by atoms with Crippen molar-refractivity contribution in [2.24, 2.45) is 0 Å². The van der Waals surface area contributed by atoms with Gasteiger partial charge in [-0.2, -0.15) is 0 Å². The molecule has 5 nitrogen and oxygen atoms in total. The van der Waals surface area contributed by atoms with E-state index < -0.39 is 11.8 Å². The molecular formula is C19H34FNO4S. The maximum atomic E-state index is 13.0. The summed E-state index contributed by atoms with van der Waals surface area (Å²) in [5.41, 5.74) is 0.202. The fraction of sp³-hybridized carbons (Fsp3) is 0.579. The lowest BCUT2D eigenvalue weighted by Crippen LogP contribution is -2.19. The van der Waals surface area contributed by atoms with Crippen LogP contribution in [0.5, 0.6) is 5.75 Å². The van der Waals surface area contributed by atoms with Gasteiger partial charge < -0.3 is 14.2 Å². The number of carbonyl (C=O) groups excluding carboxylic acids is 2. The van der Waals surface area contributed by atoms with Gasteiger partial charge in [-0.3, -0.25) is 9.59 Å². The monoisotopic (exact) mass is 391 g/mol. The Hall–Kier alpha value is -1.44. The van der Waals surface area contributed by atoms with E-state index in [1.165, 1.54) is 19.1 Å². The molecule has 0 saturated heterocycles. The van der Waals surface area contributed by atoms with Crippen LogP contribution in [-0.4, -0.2) is 47.6 Å². The minimum Gasteiger partial charge on any atom is -0.424 e. The van der Waals surface area contributed by atoms with Crippen molar-refractivity contribution in [2.45, 2.75) is 48.0 Å². The molecule has 0 atom stereocenters. The van der Waals surface area contributed by atoms with E-state index in [2.05, 4.69) is 23.6 Å². The van der Waals surface area contributed by atoms with Crippen molar-refractivity contribution >= 4 is 24.3 Å². The lowest BCUT2D eigenvalue weighted by molar-refractivity contribution is -0.132. The van der Waals surface area contributed by atoms with Gasteiger partial charge in [0.25, 0.3) is 0 Å². The fourth-order valence-electron chi connectivity index (χ4n) is 1.39. The zero-order chi connectivity index (χ0) is 21.0. The Labute approximate surface area is 162 Å². The first-order chi connectivity index (χ1) is 12.4. The second-order valence-electron chi connectivity index (χ2n) is 4.48. The van der Waals surface area contributed by atoms with Crippen LogP contribution in [-0.2, 0) is 4.79 Å². The largest absolute Gasteiger partial charge is 0.424 e. The van der Waals surface area contributed by atoms with Gasteiger partial charge in [0.1, 0.15) is 6.29 Å². The normalized spacial score (nSPS) is 8.85. The summed E-state index contributed by atoms with van der Waals surface area (Å²) < 4.78 is 25.8. The van der Waals surface area contributed by atoms with E-state index >= 15 is 0 Å². The number of hydrogen-bond acceptors (Lipinski definition) is 6. The zero-order valence-electron chi connectivity index (χ0n) is 17.0. The third-order valence-corrected chi connectivity index (χ3v) is 3.13. The van der Waals surface area contributed by atoms with Crippen LogP contribution in [0.25, 0.3) is 0 Å². The number of ether oxygens (including phenoxy) is 1. The number of benzene rings is 1. The van der Waals surface area contributed by atoms with Crippen LogP contribution in [0.3, 0.4) is 0 Å². The highest BCUT2D eigenvalue weighted by molar-refractivity contribution is 7.93. The molecule has 26 heavy (non-hydrogen) atoms. The standard InChI is InChI=1S/C9H7FO3.C6H15NOS.2C2H6/c1-6(12)13-9-3-2-7(5-11)4-8(9)10;1-3-7(2)5-4-6-9-8;2*1-2/h2-5H,1H3;8H,3-6H2,1-2H3;2*1-2H3. The van der Waals surface area contributed by atoms with Crippen LogP contribution in [0.2, 0.25) is 0 Å². The van der Waals surface area contributed by atoms with Crippen LogP contribution in [0.15, 0.2) is 18.2 Å². The molecule has 0 heterocycles. The van der Waals surface area contributed by atoms with Crippen molar-refractivity contribution in [1.82, 2.24) is 4.90 Å². The van der Waals surface area contributed by atoms with Gasteiger partial charge in [0.05, 0.1) is 0 Å². The molecule has 0 aliphatic heterocycles. The highest BCUT2D eigenvalue weighted by Crippen LogP contribution is 2.17. The van der Waals surface area contributed by atoms with E-state index in [9.17, 15) is 14.0 Å². The Bertz CT molecular complexity index is 473. The maximum absolute atomic E-state index is 13.0. The van der Waals surface area contributed by atoms with Gasteiger partial charge in [0, 0.05) is 18.2 Å². The van der Waals surface area contributed by atoms with E-state index in [0.29, 0.717) is 6.29 Å². The molecule has 0 saturated carbocycles. The minimum absolute atomic E-state index is 0.168. The number of rotatable bonds is 7. The van der Waals surface area contributed by atoms with Gasteiger partial charge in [-0.05, 0) is 56.8 Å². The summed E-state index contributed by atoms with van der Waals surface area (Å²) in [5, 5.41) is 0. The summed E-state index contributed by atoms with van der Waals surface area (Å²) in [7, 11) is 2.09. The third kappa shape index (κ3) is 17.4. The number of carbonyl (C=O) groups is 2. The summed E-state index contributed by atoms with van der Waals surface area (Å²) in [6.07, 6.45) is 1.59. The van der Waals surface area contributed by atoms with Crippen molar-refractivity contribution in [3.8, 4) is 5.75 Å². The molecule has 1 aromatic rings. The number of esters is 1. The minimum atomic E-state index is -0.722. The molecule has 0 amide bonds. The Balaban J connectivity index is -0.000000357. The molecule has 0 aliphatic carbocycles. The first-order valence-electron chi connectivity index (χ1n) is 8.82. The van der Waals surface area contributed by atoms with Gasteiger partial charge in [-0.25, -0.2) is 4.39 Å². The van der Waals surface area contributed by atoms with Crippen LogP contribution in [0, 0.1) is 5.82 Å². The molecule has 0 aliphatic rings. The predicted molar refractivity (Wildman–Crippen MR) is 109 cm³/mol. The second kappa shape index (κ2) is 21.6. The Morgan fingerprint density at radius 2 is 1.88 bits per heavy atom. The van der Waals surface area contributed by atoms with Gasteiger partial charge in [-0.1, -0.05) is 34.6 Å². The van der Waals surface area contributed by atoms with E-state index in [1.807, 2.05) is 27.7 Å². The average molecular weight is 392 g/mol. The highest BCUT2D eigenvalue weighted by Gasteiger charge is 2.06. The lowest BCUT2D eigenvalue weighted by Gasteiger charge is -2.11. The molecule has 0 bridgehead atoms. The summed E-state index contributed by atoms with van der Waals surface area (Å²) in [4.78, 5) is 22.9. The third-order valence-electron chi connectivity index (χ3n) is 2.66. The topological polar surface area (TPSA) is 66.8 Å². The van der Waals surface area contributed by atoms with Crippen LogP contribution in [0.4, 0.5) is 4.39 Å². The van der Waals surface area contributed by atoms with Gasteiger partial charge in [-0.15, -0.1) is 0 Å². The Morgan fingerprint density at radius 1 is 1.31 bits per heavy atom. The van der Waals surface area contributed by atoms with E-state index in [4.69, 9.17) is 4.55 Å². The van der Waals surface area contributed by atoms with Crippen LogP contribution in [0.1, 0.15) is 58.3 Å². The lowest BCUT2D eigenvalue weighted by atomic mass is 10.2. The van der Waals surface area contributed by atoms with Crippen molar-refractivity contribution in [2.75, 3.05) is 25.9 Å². The van der Waals surface area contributed by atoms with Gasteiger partial charge in [0.15, 0.2) is 11.6 Å². The molecule has 7 heteroatoms. The molecule has 0 fully saturated rings. The number of nitrogens with zero attached hydrogens (tertiary/aromatic N) is 1. The second-order valence-corrected chi connectivity index (χ2v) is 5.15. The summed E-state index contributed by atoms with van der Waals surface area (Å²) in [6, 6.07) is 3.61. The number of aldehydes is 1. The van der Waals surface area contributed by atoms with Crippen LogP contribution >= 0.6 is 12.0 Å². The van der Waals surface area contributed by atoms with E-state index in [0.717, 1.165) is 43.4 Å². The first-order valence-corrected chi connectivity index (χ1v) is 9.76. The molecule has 0 spiro atoms. The van der Waals surface area contributed by atoms with Crippen molar-refractivity contribution in [3.05, 3.63) is 29.6 Å². The van der Waals surface area contributed by atoms with E-state index in [1.54, 1.807) is 0 Å². The molecule has 0 radical (unpaired) electrons. The quantitative estimate of drug-likeness (QED) is 0.228. The SMILES string of the molecule is CC.CC.CC(=O)Oc1ccc(C=O)cc1F.CCN(C)CCCSO. The molecule has 152 valence electrons. The summed E-state index contributed by atoms with van der Waals surface area (Å²) >= 11 is 0.927. The highest BCUT2D eigenvalue weighted by atomic mass is 32.2. The molecule has 1 aromatic carbocycles. The van der Waals surface area contributed by atoms with Crippen molar-refractivity contribution in [3.63, 3.8) is 0 Å². The number of halogens is 1. The average Bonchev–Trinajstić information content (AvgIpc) is 2.67. The smallest absolute Gasteiger partial charge is 0.308 e. The summed E-state index contributed by atoms with van der Waals surface area (Å²) in [5.74, 6) is -0.639. The van der Waals surface area contributed by atoms with Crippen molar-refractivity contribution in [1.29, 1.82) is 0 Å². The molecule has 1 rings (SSSR count). The Kier molecular flexibility index (Phi) is 24.4.